The monoisotopic (exact) mass is 741 g/mol. The third kappa shape index (κ3) is 6.41. The zero-order chi connectivity index (χ0) is 39.1. The van der Waals surface area contributed by atoms with E-state index in [1.165, 1.54) is 76.8 Å². The Balaban J connectivity index is 1.00. The predicted molar refractivity (Wildman–Crippen MR) is 249 cm³/mol. The summed E-state index contributed by atoms with van der Waals surface area (Å²) >= 11 is 0. The molecule has 10 aromatic rings. The molecule has 0 spiro atoms. The summed E-state index contributed by atoms with van der Waals surface area (Å²) in [6.07, 6.45) is 0. The number of benzene rings is 10. The molecule has 0 saturated carbocycles. The molecule has 0 bridgehead atoms. The highest BCUT2D eigenvalue weighted by atomic mass is 15.1. The third-order valence-electron chi connectivity index (χ3n) is 12.0. The van der Waals surface area contributed by atoms with E-state index in [1.807, 2.05) is 0 Å². The second-order valence-electron chi connectivity index (χ2n) is 15.8. The normalized spacial score (nSPS) is 11.6. The van der Waals surface area contributed by atoms with Crippen molar-refractivity contribution in [1.82, 2.24) is 0 Å². The van der Waals surface area contributed by atoms with Crippen LogP contribution in [0.3, 0.4) is 0 Å². The lowest BCUT2D eigenvalue weighted by atomic mass is 9.77. The van der Waals surface area contributed by atoms with Gasteiger partial charge in [0.1, 0.15) is 0 Å². The largest absolute Gasteiger partial charge is 0.311 e. The number of nitrogens with zero attached hydrogens (tertiary/aromatic N) is 1. The van der Waals surface area contributed by atoms with Crippen LogP contribution in [0.1, 0.15) is 25.0 Å². The molecule has 0 aliphatic carbocycles. The molecule has 0 amide bonds. The van der Waals surface area contributed by atoms with Crippen molar-refractivity contribution in [2.75, 3.05) is 4.90 Å². The number of fused-ring (bicyclic) bond motifs is 6. The average Bonchev–Trinajstić information content (AvgIpc) is 3.30. The second-order valence-corrected chi connectivity index (χ2v) is 15.8. The number of anilines is 3. The maximum Gasteiger partial charge on any atom is 0.0462 e. The second kappa shape index (κ2) is 14.7. The van der Waals surface area contributed by atoms with Crippen molar-refractivity contribution in [1.29, 1.82) is 0 Å². The first-order valence-electron chi connectivity index (χ1n) is 20.2. The van der Waals surface area contributed by atoms with Crippen LogP contribution in [0, 0.1) is 0 Å². The Labute approximate surface area is 341 Å². The highest BCUT2D eigenvalue weighted by Crippen LogP contribution is 2.42. The summed E-state index contributed by atoms with van der Waals surface area (Å²) in [5.41, 5.74) is 12.9. The van der Waals surface area contributed by atoms with Crippen LogP contribution in [0.25, 0.3) is 65.7 Å². The van der Waals surface area contributed by atoms with E-state index >= 15 is 0 Å². The fourth-order valence-corrected chi connectivity index (χ4v) is 8.66. The Kier molecular flexibility index (Phi) is 8.92. The topological polar surface area (TPSA) is 3.24 Å². The molecule has 0 saturated heterocycles. The van der Waals surface area contributed by atoms with Crippen molar-refractivity contribution < 1.29 is 0 Å². The molecule has 0 atom stereocenters. The van der Waals surface area contributed by atoms with Gasteiger partial charge in [-0.05, 0) is 119 Å². The van der Waals surface area contributed by atoms with Crippen molar-refractivity contribution in [3.8, 4) is 33.4 Å². The molecule has 0 N–H and O–H groups in total. The van der Waals surface area contributed by atoms with Crippen molar-refractivity contribution in [3.63, 3.8) is 0 Å². The summed E-state index contributed by atoms with van der Waals surface area (Å²) in [4.78, 5) is 2.36. The maximum absolute atomic E-state index is 2.43. The van der Waals surface area contributed by atoms with Gasteiger partial charge in [0.2, 0.25) is 0 Å². The van der Waals surface area contributed by atoms with E-state index < -0.39 is 0 Å². The molecule has 10 aromatic carbocycles. The van der Waals surface area contributed by atoms with Gasteiger partial charge < -0.3 is 4.90 Å². The summed E-state index contributed by atoms with van der Waals surface area (Å²) in [7, 11) is 0. The Hall–Kier alpha value is -7.22. The van der Waals surface area contributed by atoms with E-state index in [4.69, 9.17) is 0 Å². The minimum Gasteiger partial charge on any atom is -0.311 e. The highest BCUT2D eigenvalue weighted by Gasteiger charge is 2.25. The van der Waals surface area contributed by atoms with Gasteiger partial charge in [-0.15, -0.1) is 0 Å². The molecule has 0 fully saturated rings. The lowest BCUT2D eigenvalue weighted by Gasteiger charge is -2.29. The van der Waals surface area contributed by atoms with Crippen molar-refractivity contribution in [2.24, 2.45) is 0 Å². The molecule has 0 heterocycles. The quantitative estimate of drug-likeness (QED) is 0.140. The van der Waals surface area contributed by atoms with Crippen LogP contribution in [0.15, 0.2) is 224 Å². The Bertz CT molecular complexity index is 2980. The molecular formula is C57H43N. The van der Waals surface area contributed by atoms with E-state index in [-0.39, 0.29) is 5.41 Å². The summed E-state index contributed by atoms with van der Waals surface area (Å²) in [6.45, 7) is 4.69. The van der Waals surface area contributed by atoms with Gasteiger partial charge in [-0.1, -0.05) is 196 Å². The van der Waals surface area contributed by atoms with Gasteiger partial charge in [-0.25, -0.2) is 0 Å². The van der Waals surface area contributed by atoms with E-state index in [0.29, 0.717) is 0 Å². The van der Waals surface area contributed by atoms with E-state index in [2.05, 4.69) is 243 Å². The molecule has 1 heteroatoms. The van der Waals surface area contributed by atoms with Gasteiger partial charge in [-0.2, -0.15) is 0 Å². The highest BCUT2D eigenvalue weighted by molar-refractivity contribution is 6.25. The van der Waals surface area contributed by atoms with Crippen molar-refractivity contribution in [3.05, 3.63) is 236 Å². The molecule has 1 nitrogen and oxygen atoms in total. The molecule has 58 heavy (non-hydrogen) atoms. The van der Waals surface area contributed by atoms with Gasteiger partial charge in [0.15, 0.2) is 0 Å². The fourth-order valence-electron chi connectivity index (χ4n) is 8.66. The summed E-state index contributed by atoms with van der Waals surface area (Å²) < 4.78 is 0. The van der Waals surface area contributed by atoms with Crippen LogP contribution in [0.2, 0.25) is 0 Å². The third-order valence-corrected chi connectivity index (χ3v) is 12.0. The Morgan fingerprint density at radius 1 is 0.259 bits per heavy atom. The van der Waals surface area contributed by atoms with E-state index in [9.17, 15) is 0 Å². The number of rotatable bonds is 8. The van der Waals surface area contributed by atoms with Crippen LogP contribution in [-0.4, -0.2) is 0 Å². The van der Waals surface area contributed by atoms with Gasteiger partial charge in [0.25, 0.3) is 0 Å². The lowest BCUT2D eigenvalue weighted by molar-refractivity contribution is 0.642. The molecule has 0 aromatic heterocycles. The zero-order valence-corrected chi connectivity index (χ0v) is 32.8. The van der Waals surface area contributed by atoms with E-state index in [1.54, 1.807) is 0 Å². The average molecular weight is 742 g/mol. The summed E-state index contributed by atoms with van der Waals surface area (Å²) in [6, 6.07) is 81.8. The molecular weight excluding hydrogens is 699 g/mol. The first-order chi connectivity index (χ1) is 28.5. The van der Waals surface area contributed by atoms with Crippen LogP contribution in [-0.2, 0) is 5.41 Å². The standard InChI is InChI=1S/C57H43N/c1-57(2,47-31-38-55-53-19-10-9-17-51(53)52-18-11-12-20-54(52)56(55)39-47)46-29-36-50(37-30-46)58(48-32-25-44(26-33-48)41-15-7-4-8-16-41)49-34-27-45(28-35-49)43-23-21-42(22-24-43)40-13-5-3-6-14-40/h3-39H,1-2H3. The predicted octanol–water partition coefficient (Wildman–Crippen LogP) is 15.9. The SMILES string of the molecule is CC(C)(c1ccc(N(c2ccc(-c3ccccc3)cc2)c2ccc(-c3ccc(-c4ccccc4)cc3)cc2)cc1)c1ccc2c3ccccc3c3ccccc3c2c1. The Morgan fingerprint density at radius 3 is 0.966 bits per heavy atom. The van der Waals surface area contributed by atoms with E-state index in [0.717, 1.165) is 17.1 Å². The molecule has 276 valence electrons. The smallest absolute Gasteiger partial charge is 0.0462 e. The fraction of sp³-hybridized carbons (Fsp3) is 0.0526. The first kappa shape index (κ1) is 35.2. The molecule has 0 unspecified atom stereocenters. The molecule has 0 radical (unpaired) electrons. The Morgan fingerprint density at radius 2 is 0.552 bits per heavy atom. The lowest BCUT2D eigenvalue weighted by Crippen LogP contribution is -2.19. The van der Waals surface area contributed by atoms with Crippen LogP contribution < -0.4 is 4.90 Å². The van der Waals surface area contributed by atoms with Crippen molar-refractivity contribution in [2.45, 2.75) is 19.3 Å². The van der Waals surface area contributed by atoms with Gasteiger partial charge in [0.05, 0.1) is 0 Å². The molecule has 0 aliphatic rings. The minimum absolute atomic E-state index is 0.223. The zero-order valence-electron chi connectivity index (χ0n) is 32.8. The minimum atomic E-state index is -0.223. The number of hydrogen-bond donors (Lipinski definition) is 0. The maximum atomic E-state index is 2.43. The van der Waals surface area contributed by atoms with Gasteiger partial charge in [0, 0.05) is 22.5 Å². The van der Waals surface area contributed by atoms with Crippen LogP contribution in [0.5, 0.6) is 0 Å². The summed E-state index contributed by atoms with van der Waals surface area (Å²) in [5.74, 6) is 0. The first-order valence-corrected chi connectivity index (χ1v) is 20.2. The number of hydrogen-bond acceptors (Lipinski definition) is 1. The van der Waals surface area contributed by atoms with Crippen molar-refractivity contribution >= 4 is 49.4 Å². The van der Waals surface area contributed by atoms with Gasteiger partial charge >= 0.3 is 0 Å². The van der Waals surface area contributed by atoms with Crippen LogP contribution in [0.4, 0.5) is 17.1 Å². The summed E-state index contributed by atoms with van der Waals surface area (Å²) in [5, 5.41) is 7.81. The molecule has 0 aliphatic heterocycles. The van der Waals surface area contributed by atoms with Crippen LogP contribution >= 0.6 is 0 Å². The molecule has 10 rings (SSSR count). The van der Waals surface area contributed by atoms with Gasteiger partial charge in [-0.3, -0.25) is 0 Å².